The number of nitrogens with zero attached hydrogens (tertiary/aromatic N) is 1. The highest BCUT2D eigenvalue weighted by atomic mass is 16.7. The predicted octanol–water partition coefficient (Wildman–Crippen LogP) is -0.608. The Morgan fingerprint density at radius 2 is 2.50 bits per heavy atom. The van der Waals surface area contributed by atoms with E-state index in [9.17, 15) is 0 Å². The molecule has 0 aromatic rings. The molecule has 0 aromatic carbocycles. The van der Waals surface area contributed by atoms with Crippen molar-refractivity contribution in [1.29, 1.82) is 0 Å². The molecule has 4 heteroatoms. The van der Waals surface area contributed by atoms with E-state index in [1.54, 1.807) is 0 Å². The van der Waals surface area contributed by atoms with E-state index in [2.05, 4.69) is 11.9 Å². The lowest BCUT2D eigenvalue weighted by atomic mass is 10.2. The Kier molecular flexibility index (Phi) is 2.08. The third-order valence-corrected chi connectivity index (χ3v) is 2.56. The molecule has 0 bridgehead atoms. The zero-order valence-corrected chi connectivity index (χ0v) is 7.45. The molecule has 0 saturated carbocycles. The van der Waals surface area contributed by atoms with Gasteiger partial charge in [-0.15, -0.1) is 0 Å². The summed E-state index contributed by atoms with van der Waals surface area (Å²) in [6.45, 7) is 3.15. The minimum absolute atomic E-state index is 0.108. The van der Waals surface area contributed by atoms with Crippen molar-refractivity contribution in [2.75, 3.05) is 33.3 Å². The van der Waals surface area contributed by atoms with Crippen LogP contribution in [0.2, 0.25) is 0 Å². The highest BCUT2D eigenvalue weighted by molar-refractivity contribution is 4.87. The second-order valence-electron chi connectivity index (χ2n) is 3.69. The van der Waals surface area contributed by atoms with Crippen molar-refractivity contribution < 1.29 is 9.47 Å². The Morgan fingerprint density at radius 3 is 3.00 bits per heavy atom. The minimum Gasteiger partial charge on any atom is -0.346 e. The van der Waals surface area contributed by atoms with Gasteiger partial charge in [-0.2, -0.15) is 0 Å². The summed E-state index contributed by atoms with van der Waals surface area (Å²) in [7, 11) is 2.08. The molecule has 4 nitrogen and oxygen atoms in total. The molecule has 2 saturated heterocycles. The summed E-state index contributed by atoms with van der Waals surface area (Å²) in [5.41, 5.74) is 5.50. The monoisotopic (exact) mass is 172 g/mol. The topological polar surface area (TPSA) is 47.7 Å². The molecule has 2 aliphatic rings. The van der Waals surface area contributed by atoms with Gasteiger partial charge in [0.2, 0.25) is 0 Å². The molecule has 0 amide bonds. The van der Waals surface area contributed by atoms with E-state index in [0.717, 1.165) is 19.5 Å². The zero-order valence-electron chi connectivity index (χ0n) is 7.45. The van der Waals surface area contributed by atoms with Crippen molar-refractivity contribution in [3.05, 3.63) is 0 Å². The lowest BCUT2D eigenvalue weighted by molar-refractivity contribution is -0.154. The SMILES string of the molecule is CN1CCC2(C1)OCC(CN)O2. The summed E-state index contributed by atoms with van der Waals surface area (Å²) in [5, 5.41) is 0. The van der Waals surface area contributed by atoms with E-state index in [1.165, 1.54) is 0 Å². The summed E-state index contributed by atoms with van der Waals surface area (Å²) >= 11 is 0. The maximum atomic E-state index is 5.74. The van der Waals surface area contributed by atoms with Crippen LogP contribution in [0.4, 0.5) is 0 Å². The average Bonchev–Trinajstić information content (AvgIpc) is 2.61. The summed E-state index contributed by atoms with van der Waals surface area (Å²) in [6, 6.07) is 0. The predicted molar refractivity (Wildman–Crippen MR) is 44.7 cm³/mol. The molecule has 2 fully saturated rings. The van der Waals surface area contributed by atoms with Gasteiger partial charge in [-0.3, -0.25) is 0 Å². The zero-order chi connectivity index (χ0) is 8.60. The average molecular weight is 172 g/mol. The summed E-state index contributed by atoms with van der Waals surface area (Å²) in [5.74, 6) is -0.321. The highest BCUT2D eigenvalue weighted by Crippen LogP contribution is 2.31. The molecule has 2 aliphatic heterocycles. The Morgan fingerprint density at radius 1 is 1.67 bits per heavy atom. The molecule has 1 spiro atoms. The molecule has 0 radical (unpaired) electrons. The van der Waals surface area contributed by atoms with Crippen LogP contribution in [0.3, 0.4) is 0 Å². The van der Waals surface area contributed by atoms with E-state index < -0.39 is 0 Å². The fourth-order valence-corrected chi connectivity index (χ4v) is 1.88. The van der Waals surface area contributed by atoms with Crippen LogP contribution in [0, 0.1) is 0 Å². The fraction of sp³-hybridized carbons (Fsp3) is 1.00. The first-order chi connectivity index (χ1) is 5.74. The van der Waals surface area contributed by atoms with Gasteiger partial charge >= 0.3 is 0 Å². The first kappa shape index (κ1) is 8.44. The largest absolute Gasteiger partial charge is 0.346 e. The van der Waals surface area contributed by atoms with Crippen molar-refractivity contribution in [3.63, 3.8) is 0 Å². The standard InChI is InChI=1S/C8H16N2O2/c1-10-3-2-8(6-10)11-5-7(4-9)12-8/h7H,2-6,9H2,1H3. The van der Waals surface area contributed by atoms with Crippen LogP contribution in [0.5, 0.6) is 0 Å². The molecular formula is C8H16N2O2. The molecule has 2 unspecified atom stereocenters. The number of likely N-dealkylation sites (tertiary alicyclic amines) is 1. The molecule has 2 N–H and O–H groups in total. The third kappa shape index (κ3) is 1.35. The molecule has 0 aliphatic carbocycles. The van der Waals surface area contributed by atoms with E-state index in [0.29, 0.717) is 13.2 Å². The second kappa shape index (κ2) is 2.96. The van der Waals surface area contributed by atoms with Crippen LogP contribution in [-0.4, -0.2) is 50.1 Å². The molecule has 12 heavy (non-hydrogen) atoms. The van der Waals surface area contributed by atoms with Crippen molar-refractivity contribution in [2.45, 2.75) is 18.3 Å². The van der Waals surface area contributed by atoms with Crippen molar-refractivity contribution in [3.8, 4) is 0 Å². The Hall–Kier alpha value is -0.160. The summed E-state index contributed by atoms with van der Waals surface area (Å²) in [6.07, 6.45) is 1.08. The highest BCUT2D eigenvalue weighted by Gasteiger charge is 2.45. The van der Waals surface area contributed by atoms with Crippen LogP contribution < -0.4 is 5.73 Å². The molecule has 2 rings (SSSR count). The number of nitrogens with two attached hydrogens (primary N) is 1. The molecule has 2 atom stereocenters. The van der Waals surface area contributed by atoms with Gasteiger partial charge in [0.25, 0.3) is 0 Å². The summed E-state index contributed by atoms with van der Waals surface area (Å²) in [4.78, 5) is 2.22. The normalized spacial score (nSPS) is 43.0. The van der Waals surface area contributed by atoms with Gasteiger partial charge < -0.3 is 20.1 Å². The van der Waals surface area contributed by atoms with Gasteiger partial charge in [-0.25, -0.2) is 0 Å². The molecule has 2 heterocycles. The fourth-order valence-electron chi connectivity index (χ4n) is 1.88. The Labute approximate surface area is 72.6 Å². The van der Waals surface area contributed by atoms with Crippen LogP contribution in [-0.2, 0) is 9.47 Å². The molecule has 0 aromatic heterocycles. The summed E-state index contributed by atoms with van der Waals surface area (Å²) < 4.78 is 11.4. The Bertz CT molecular complexity index is 176. The maximum Gasteiger partial charge on any atom is 0.182 e. The first-order valence-electron chi connectivity index (χ1n) is 4.44. The third-order valence-electron chi connectivity index (χ3n) is 2.56. The van der Waals surface area contributed by atoms with Gasteiger partial charge in [0, 0.05) is 19.5 Å². The van der Waals surface area contributed by atoms with E-state index in [-0.39, 0.29) is 11.9 Å². The van der Waals surface area contributed by atoms with Gasteiger partial charge in [0.15, 0.2) is 5.79 Å². The van der Waals surface area contributed by atoms with Crippen molar-refractivity contribution >= 4 is 0 Å². The van der Waals surface area contributed by atoms with E-state index >= 15 is 0 Å². The van der Waals surface area contributed by atoms with Crippen LogP contribution >= 0.6 is 0 Å². The van der Waals surface area contributed by atoms with Crippen molar-refractivity contribution in [2.24, 2.45) is 5.73 Å². The van der Waals surface area contributed by atoms with Crippen LogP contribution in [0.15, 0.2) is 0 Å². The number of ether oxygens (including phenoxy) is 2. The number of rotatable bonds is 1. The minimum atomic E-state index is -0.321. The second-order valence-corrected chi connectivity index (χ2v) is 3.69. The van der Waals surface area contributed by atoms with E-state index in [1.807, 2.05) is 0 Å². The smallest absolute Gasteiger partial charge is 0.182 e. The van der Waals surface area contributed by atoms with Crippen LogP contribution in [0.1, 0.15) is 6.42 Å². The van der Waals surface area contributed by atoms with Gasteiger partial charge in [0.1, 0.15) is 0 Å². The van der Waals surface area contributed by atoms with Gasteiger partial charge in [0.05, 0.1) is 19.3 Å². The lowest BCUT2D eigenvalue weighted by Crippen LogP contribution is -2.35. The maximum absolute atomic E-state index is 5.74. The van der Waals surface area contributed by atoms with Gasteiger partial charge in [-0.1, -0.05) is 0 Å². The molecule has 70 valence electrons. The van der Waals surface area contributed by atoms with Crippen LogP contribution in [0.25, 0.3) is 0 Å². The quantitative estimate of drug-likeness (QED) is 0.573. The lowest BCUT2D eigenvalue weighted by Gasteiger charge is -2.21. The first-order valence-corrected chi connectivity index (χ1v) is 4.44. The molecular weight excluding hydrogens is 156 g/mol. The number of hydrogen-bond acceptors (Lipinski definition) is 4. The van der Waals surface area contributed by atoms with E-state index in [4.69, 9.17) is 15.2 Å². The van der Waals surface area contributed by atoms with Crippen molar-refractivity contribution in [1.82, 2.24) is 4.90 Å². The Balaban J connectivity index is 1.97. The number of hydrogen-bond donors (Lipinski definition) is 1. The number of likely N-dealkylation sites (N-methyl/N-ethyl adjacent to an activating group) is 1. The van der Waals surface area contributed by atoms with Gasteiger partial charge in [-0.05, 0) is 7.05 Å².